The van der Waals surface area contributed by atoms with Crippen molar-refractivity contribution in [2.24, 2.45) is 5.73 Å². The zero-order chi connectivity index (χ0) is 18.7. The topological polar surface area (TPSA) is 75.9 Å². The lowest BCUT2D eigenvalue weighted by Gasteiger charge is -2.36. The highest BCUT2D eigenvalue weighted by atomic mass is 16.5. The van der Waals surface area contributed by atoms with E-state index in [9.17, 15) is 9.59 Å². The number of nitrogens with zero attached hydrogens (tertiary/aromatic N) is 2. The van der Waals surface area contributed by atoms with Crippen molar-refractivity contribution in [3.8, 4) is 5.75 Å². The predicted octanol–water partition coefficient (Wildman–Crippen LogP) is 2.61. The van der Waals surface area contributed by atoms with Crippen molar-refractivity contribution in [3.05, 3.63) is 23.8 Å². The van der Waals surface area contributed by atoms with E-state index in [2.05, 4.69) is 0 Å². The van der Waals surface area contributed by atoms with Gasteiger partial charge in [-0.2, -0.15) is 0 Å². The third-order valence-corrected chi connectivity index (χ3v) is 5.33. The number of carbonyl (C=O) groups excluding carboxylic acids is 2. The molecule has 0 spiro atoms. The van der Waals surface area contributed by atoms with Gasteiger partial charge in [-0.05, 0) is 49.8 Å². The number of amides is 2. The molecule has 2 atom stereocenters. The fraction of sp³-hybridized carbons (Fsp3) is 0.600. The van der Waals surface area contributed by atoms with Crippen molar-refractivity contribution in [2.45, 2.75) is 58.1 Å². The van der Waals surface area contributed by atoms with Crippen LogP contribution in [0.4, 0.5) is 5.69 Å². The first-order valence-corrected chi connectivity index (χ1v) is 9.70. The van der Waals surface area contributed by atoms with Crippen LogP contribution in [0, 0.1) is 0 Å². The van der Waals surface area contributed by atoms with Gasteiger partial charge in [-0.1, -0.05) is 19.9 Å². The number of ether oxygens (including phenoxy) is 1. The molecule has 2 aliphatic rings. The number of benzene rings is 1. The minimum absolute atomic E-state index is 0.00551. The Hall–Kier alpha value is -2.08. The van der Waals surface area contributed by atoms with Crippen molar-refractivity contribution in [3.63, 3.8) is 0 Å². The second-order valence-electron chi connectivity index (χ2n) is 7.12. The van der Waals surface area contributed by atoms with Crippen LogP contribution in [-0.2, 0) is 9.59 Å². The molecule has 1 aromatic rings. The molecule has 0 aliphatic carbocycles. The molecule has 26 heavy (non-hydrogen) atoms. The molecule has 2 N–H and O–H groups in total. The molecule has 142 valence electrons. The lowest BCUT2D eigenvalue weighted by molar-refractivity contribution is -0.134. The Labute approximate surface area is 155 Å². The summed E-state index contributed by atoms with van der Waals surface area (Å²) in [6.07, 6.45) is 4.07. The Balaban J connectivity index is 1.89. The second kappa shape index (κ2) is 8.08. The quantitative estimate of drug-likeness (QED) is 0.877. The van der Waals surface area contributed by atoms with Crippen molar-refractivity contribution in [1.82, 2.24) is 4.90 Å². The number of piperidine rings is 1. The number of likely N-dealkylation sites (tertiary alicyclic amines) is 1. The minimum Gasteiger partial charge on any atom is -0.478 e. The average Bonchev–Trinajstić information content (AvgIpc) is 2.69. The molecule has 1 saturated heterocycles. The summed E-state index contributed by atoms with van der Waals surface area (Å²) in [5, 5.41) is 0. The Morgan fingerprint density at radius 1 is 1.27 bits per heavy atom. The molecule has 2 aliphatic heterocycles. The molecule has 2 amide bonds. The fourth-order valence-corrected chi connectivity index (χ4v) is 3.61. The van der Waals surface area contributed by atoms with Gasteiger partial charge in [0.15, 0.2) is 6.10 Å². The Kier molecular flexibility index (Phi) is 5.81. The summed E-state index contributed by atoms with van der Waals surface area (Å²) in [5.74, 6) is 0.508. The van der Waals surface area contributed by atoms with Crippen LogP contribution in [0.25, 0.3) is 0 Å². The first kappa shape index (κ1) is 18.7. The van der Waals surface area contributed by atoms with Crippen molar-refractivity contribution < 1.29 is 14.3 Å². The van der Waals surface area contributed by atoms with E-state index in [-0.39, 0.29) is 24.4 Å². The molecule has 1 aromatic carbocycles. The summed E-state index contributed by atoms with van der Waals surface area (Å²) in [4.78, 5) is 29.1. The number of anilines is 1. The van der Waals surface area contributed by atoms with Gasteiger partial charge < -0.3 is 15.4 Å². The zero-order valence-corrected chi connectivity index (χ0v) is 15.7. The smallest absolute Gasteiger partial charge is 0.268 e. The van der Waals surface area contributed by atoms with Crippen LogP contribution in [0.3, 0.4) is 0 Å². The average molecular weight is 359 g/mol. The fourth-order valence-electron chi connectivity index (χ4n) is 3.61. The molecular weight excluding hydrogens is 330 g/mol. The standard InChI is InChI=1S/C20H29N3O3/c1-3-15(21)14-8-9-18-16(12-14)23(20(25)17(4-2)26-18)13-19(24)22-10-6-5-7-11-22/h8-9,12,15,17H,3-7,10-11,13,21H2,1-2H3. The molecule has 1 fully saturated rings. The molecule has 0 saturated carbocycles. The van der Waals surface area contributed by atoms with Gasteiger partial charge >= 0.3 is 0 Å². The molecule has 3 rings (SSSR count). The summed E-state index contributed by atoms with van der Waals surface area (Å²) >= 11 is 0. The normalized spacial score (nSPS) is 21.2. The predicted molar refractivity (Wildman–Crippen MR) is 101 cm³/mol. The highest BCUT2D eigenvalue weighted by Crippen LogP contribution is 2.37. The van der Waals surface area contributed by atoms with Gasteiger partial charge in [-0.3, -0.25) is 14.5 Å². The monoisotopic (exact) mass is 359 g/mol. The summed E-state index contributed by atoms with van der Waals surface area (Å²) in [7, 11) is 0. The van der Waals surface area contributed by atoms with E-state index in [0.29, 0.717) is 17.9 Å². The van der Waals surface area contributed by atoms with E-state index in [1.165, 1.54) is 6.42 Å². The SMILES string of the molecule is CCC1Oc2ccc(C(N)CC)cc2N(CC(=O)N2CCCCC2)C1=O. The van der Waals surface area contributed by atoms with E-state index < -0.39 is 6.10 Å². The third-order valence-electron chi connectivity index (χ3n) is 5.33. The maximum atomic E-state index is 12.9. The van der Waals surface area contributed by atoms with Crippen LogP contribution < -0.4 is 15.4 Å². The van der Waals surface area contributed by atoms with E-state index in [0.717, 1.165) is 37.9 Å². The first-order valence-electron chi connectivity index (χ1n) is 9.70. The van der Waals surface area contributed by atoms with E-state index in [4.69, 9.17) is 10.5 Å². The number of hydrogen-bond acceptors (Lipinski definition) is 4. The van der Waals surface area contributed by atoms with E-state index in [1.54, 1.807) is 4.90 Å². The summed E-state index contributed by atoms with van der Waals surface area (Å²) in [6, 6.07) is 5.61. The van der Waals surface area contributed by atoms with Gasteiger partial charge in [0.25, 0.3) is 5.91 Å². The zero-order valence-electron chi connectivity index (χ0n) is 15.7. The Bertz CT molecular complexity index is 670. The number of fused-ring (bicyclic) bond motifs is 1. The van der Waals surface area contributed by atoms with Crippen molar-refractivity contribution >= 4 is 17.5 Å². The maximum absolute atomic E-state index is 12.9. The minimum atomic E-state index is -0.539. The lowest BCUT2D eigenvalue weighted by atomic mass is 10.0. The number of carbonyl (C=O) groups is 2. The molecule has 2 heterocycles. The van der Waals surface area contributed by atoms with Crippen molar-refractivity contribution in [1.29, 1.82) is 0 Å². The molecule has 2 unspecified atom stereocenters. The molecule has 6 heteroatoms. The van der Waals surface area contributed by atoms with Crippen LogP contribution in [0.5, 0.6) is 5.75 Å². The van der Waals surface area contributed by atoms with E-state index >= 15 is 0 Å². The van der Waals surface area contributed by atoms with Gasteiger partial charge in [0.05, 0.1) is 5.69 Å². The number of rotatable bonds is 5. The Morgan fingerprint density at radius 3 is 2.65 bits per heavy atom. The molecule has 0 aromatic heterocycles. The van der Waals surface area contributed by atoms with E-state index in [1.807, 2.05) is 36.9 Å². The largest absolute Gasteiger partial charge is 0.478 e. The molecule has 0 radical (unpaired) electrons. The van der Waals surface area contributed by atoms with Gasteiger partial charge in [0, 0.05) is 19.1 Å². The second-order valence-corrected chi connectivity index (χ2v) is 7.12. The summed E-state index contributed by atoms with van der Waals surface area (Å²) < 4.78 is 5.86. The maximum Gasteiger partial charge on any atom is 0.268 e. The third kappa shape index (κ3) is 3.70. The summed E-state index contributed by atoms with van der Waals surface area (Å²) in [5.41, 5.74) is 7.77. The van der Waals surface area contributed by atoms with Gasteiger partial charge in [0.1, 0.15) is 12.3 Å². The summed E-state index contributed by atoms with van der Waals surface area (Å²) in [6.45, 7) is 5.57. The molecule has 0 bridgehead atoms. The number of hydrogen-bond donors (Lipinski definition) is 1. The van der Waals surface area contributed by atoms with Crippen LogP contribution in [0.15, 0.2) is 18.2 Å². The number of nitrogens with two attached hydrogens (primary N) is 1. The molecule has 6 nitrogen and oxygen atoms in total. The van der Waals surface area contributed by atoms with Crippen LogP contribution >= 0.6 is 0 Å². The van der Waals surface area contributed by atoms with Gasteiger partial charge in [-0.15, -0.1) is 0 Å². The van der Waals surface area contributed by atoms with Crippen molar-refractivity contribution in [2.75, 3.05) is 24.5 Å². The Morgan fingerprint density at radius 2 is 2.00 bits per heavy atom. The van der Waals surface area contributed by atoms with Gasteiger partial charge in [-0.25, -0.2) is 0 Å². The highest BCUT2D eigenvalue weighted by Gasteiger charge is 2.35. The molecular formula is C20H29N3O3. The van der Waals surface area contributed by atoms with Gasteiger partial charge in [0.2, 0.25) is 5.91 Å². The van der Waals surface area contributed by atoms with Crippen LogP contribution in [0.2, 0.25) is 0 Å². The van der Waals surface area contributed by atoms with Crippen LogP contribution in [0.1, 0.15) is 57.6 Å². The first-order chi connectivity index (χ1) is 12.5. The lowest BCUT2D eigenvalue weighted by Crippen LogP contribution is -2.51. The highest BCUT2D eigenvalue weighted by molar-refractivity contribution is 6.04. The van der Waals surface area contributed by atoms with Crippen LogP contribution in [-0.4, -0.2) is 42.5 Å².